The third kappa shape index (κ3) is 3.14. The second-order valence-corrected chi connectivity index (χ2v) is 4.72. The molecule has 2 aromatic rings. The van der Waals surface area contributed by atoms with E-state index in [1.165, 1.54) is 0 Å². The van der Waals surface area contributed by atoms with E-state index < -0.39 is 0 Å². The van der Waals surface area contributed by atoms with E-state index in [1.807, 2.05) is 26.0 Å². The smallest absolute Gasteiger partial charge is 0.242 e. The van der Waals surface area contributed by atoms with Gasteiger partial charge in [-0.2, -0.15) is 4.98 Å². The summed E-state index contributed by atoms with van der Waals surface area (Å²) in [6.07, 6.45) is 3.54. The van der Waals surface area contributed by atoms with Crippen molar-refractivity contribution in [2.45, 2.75) is 26.3 Å². The molecule has 0 unspecified atom stereocenters. The molecular formula is C14H19N5O. The van der Waals surface area contributed by atoms with Crippen LogP contribution in [0.15, 0.2) is 24.5 Å². The molecule has 0 aromatic carbocycles. The first-order valence-corrected chi connectivity index (χ1v) is 6.46. The molecule has 0 atom stereocenters. The van der Waals surface area contributed by atoms with Crippen molar-refractivity contribution in [3.63, 3.8) is 0 Å². The molecule has 0 spiro atoms. The summed E-state index contributed by atoms with van der Waals surface area (Å²) in [6.45, 7) is 4.64. The molecule has 0 aliphatic heterocycles. The maximum atomic E-state index is 6.00. The van der Waals surface area contributed by atoms with E-state index in [4.69, 9.17) is 10.5 Å². The molecule has 0 aliphatic rings. The quantitative estimate of drug-likeness (QED) is 0.868. The maximum Gasteiger partial charge on any atom is 0.242 e. The van der Waals surface area contributed by atoms with Crippen molar-refractivity contribution in [1.82, 2.24) is 15.0 Å². The fraction of sp³-hybridized carbons (Fsp3) is 0.357. The molecule has 0 amide bonds. The minimum Gasteiger partial charge on any atom is -0.479 e. The summed E-state index contributed by atoms with van der Waals surface area (Å²) in [6, 6.07) is 3.87. The first-order chi connectivity index (χ1) is 9.61. The van der Waals surface area contributed by atoms with Gasteiger partial charge in [-0.3, -0.25) is 4.98 Å². The number of nitrogens with one attached hydrogen (secondary N) is 1. The second-order valence-electron chi connectivity index (χ2n) is 4.72. The van der Waals surface area contributed by atoms with Crippen LogP contribution < -0.4 is 15.8 Å². The van der Waals surface area contributed by atoms with Crippen molar-refractivity contribution < 1.29 is 4.74 Å². The first kappa shape index (κ1) is 14.0. The molecule has 0 bridgehead atoms. The molecule has 0 saturated heterocycles. The van der Waals surface area contributed by atoms with Crippen molar-refractivity contribution in [2.24, 2.45) is 0 Å². The van der Waals surface area contributed by atoms with Gasteiger partial charge in [0.25, 0.3) is 0 Å². The Morgan fingerprint density at radius 3 is 2.75 bits per heavy atom. The van der Waals surface area contributed by atoms with Gasteiger partial charge >= 0.3 is 0 Å². The number of nitrogens with two attached hydrogens (primary N) is 1. The SMILES string of the molecule is COc1nc(C(C)C)nc(NCc2cccnc2)c1N. The summed E-state index contributed by atoms with van der Waals surface area (Å²) in [7, 11) is 1.55. The summed E-state index contributed by atoms with van der Waals surface area (Å²) in [4.78, 5) is 12.8. The summed E-state index contributed by atoms with van der Waals surface area (Å²) in [5, 5.41) is 3.20. The van der Waals surface area contributed by atoms with Gasteiger partial charge in [0.1, 0.15) is 11.5 Å². The molecular weight excluding hydrogens is 254 g/mol. The van der Waals surface area contributed by atoms with Crippen LogP contribution in [0.4, 0.5) is 11.5 Å². The van der Waals surface area contributed by atoms with Crippen molar-refractivity contribution in [2.75, 3.05) is 18.2 Å². The van der Waals surface area contributed by atoms with Crippen LogP contribution in [-0.2, 0) is 6.54 Å². The lowest BCUT2D eigenvalue weighted by atomic mass is 10.2. The molecule has 2 rings (SSSR count). The van der Waals surface area contributed by atoms with Gasteiger partial charge in [-0.05, 0) is 11.6 Å². The van der Waals surface area contributed by atoms with Crippen molar-refractivity contribution >= 4 is 11.5 Å². The van der Waals surface area contributed by atoms with E-state index in [9.17, 15) is 0 Å². The van der Waals surface area contributed by atoms with Crippen LogP contribution in [0.25, 0.3) is 0 Å². The number of pyridine rings is 1. The molecule has 20 heavy (non-hydrogen) atoms. The highest BCUT2D eigenvalue weighted by molar-refractivity contribution is 5.67. The minimum atomic E-state index is 0.198. The molecule has 2 heterocycles. The summed E-state index contributed by atoms with van der Waals surface area (Å²) >= 11 is 0. The van der Waals surface area contributed by atoms with Crippen LogP contribution in [0.5, 0.6) is 5.88 Å². The van der Waals surface area contributed by atoms with Gasteiger partial charge in [0.05, 0.1) is 7.11 Å². The zero-order valence-electron chi connectivity index (χ0n) is 11.9. The highest BCUT2D eigenvalue weighted by atomic mass is 16.5. The Morgan fingerprint density at radius 2 is 2.15 bits per heavy atom. The Labute approximate surface area is 118 Å². The van der Waals surface area contributed by atoms with Crippen LogP contribution in [-0.4, -0.2) is 22.1 Å². The van der Waals surface area contributed by atoms with Crippen molar-refractivity contribution in [1.29, 1.82) is 0 Å². The van der Waals surface area contributed by atoms with Gasteiger partial charge in [-0.1, -0.05) is 19.9 Å². The average molecular weight is 273 g/mol. The number of ether oxygens (including phenoxy) is 1. The molecule has 6 heteroatoms. The number of hydrogen-bond donors (Lipinski definition) is 2. The molecule has 106 valence electrons. The Bertz CT molecular complexity index is 571. The lowest BCUT2D eigenvalue weighted by molar-refractivity contribution is 0.396. The standard InChI is InChI=1S/C14H19N5O/c1-9(2)12-18-13(11(15)14(19-12)20-3)17-8-10-5-4-6-16-7-10/h4-7,9H,8,15H2,1-3H3,(H,17,18,19). The highest BCUT2D eigenvalue weighted by Gasteiger charge is 2.14. The van der Waals surface area contributed by atoms with Gasteiger partial charge in [0.15, 0.2) is 5.82 Å². The topological polar surface area (TPSA) is 86.0 Å². The molecule has 3 N–H and O–H groups in total. The fourth-order valence-corrected chi connectivity index (χ4v) is 1.70. The number of nitrogen functional groups attached to an aromatic ring is 1. The molecule has 0 aliphatic carbocycles. The van der Waals surface area contributed by atoms with E-state index in [1.54, 1.807) is 19.5 Å². The van der Waals surface area contributed by atoms with E-state index >= 15 is 0 Å². The lowest BCUT2D eigenvalue weighted by Gasteiger charge is -2.14. The number of anilines is 2. The van der Waals surface area contributed by atoms with Crippen molar-refractivity contribution in [3.8, 4) is 5.88 Å². The monoisotopic (exact) mass is 273 g/mol. The molecule has 6 nitrogen and oxygen atoms in total. The van der Waals surface area contributed by atoms with Gasteiger partial charge in [-0.15, -0.1) is 0 Å². The number of aromatic nitrogens is 3. The van der Waals surface area contributed by atoms with E-state index in [0.29, 0.717) is 29.8 Å². The summed E-state index contributed by atoms with van der Waals surface area (Å²) in [5.74, 6) is 1.88. The normalized spacial score (nSPS) is 10.6. The number of rotatable bonds is 5. The Morgan fingerprint density at radius 1 is 1.35 bits per heavy atom. The highest BCUT2D eigenvalue weighted by Crippen LogP contribution is 2.28. The molecule has 0 saturated carbocycles. The maximum absolute atomic E-state index is 6.00. The van der Waals surface area contributed by atoms with Gasteiger partial charge in [0.2, 0.25) is 5.88 Å². The summed E-state index contributed by atoms with van der Waals surface area (Å²) < 4.78 is 5.20. The predicted octanol–water partition coefficient (Wildman–Crippen LogP) is 2.20. The number of nitrogens with zero attached hydrogens (tertiary/aromatic N) is 3. The molecule has 0 radical (unpaired) electrons. The Kier molecular flexibility index (Phi) is 4.34. The van der Waals surface area contributed by atoms with Gasteiger partial charge in [0, 0.05) is 24.9 Å². The van der Waals surface area contributed by atoms with Crippen LogP contribution >= 0.6 is 0 Å². The van der Waals surface area contributed by atoms with Crippen LogP contribution in [0.2, 0.25) is 0 Å². The molecule has 2 aromatic heterocycles. The Balaban J connectivity index is 2.24. The second kappa shape index (κ2) is 6.18. The third-order valence-electron chi connectivity index (χ3n) is 2.82. The largest absolute Gasteiger partial charge is 0.479 e. The van der Waals surface area contributed by atoms with E-state index in [0.717, 1.165) is 5.56 Å². The van der Waals surface area contributed by atoms with Gasteiger partial charge < -0.3 is 15.8 Å². The van der Waals surface area contributed by atoms with E-state index in [-0.39, 0.29) is 5.92 Å². The van der Waals surface area contributed by atoms with Crippen molar-refractivity contribution in [3.05, 3.63) is 35.9 Å². The van der Waals surface area contributed by atoms with Crippen LogP contribution in [0.3, 0.4) is 0 Å². The molecule has 0 fully saturated rings. The number of methoxy groups -OCH3 is 1. The Hall–Kier alpha value is -2.37. The summed E-state index contributed by atoms with van der Waals surface area (Å²) in [5.41, 5.74) is 7.47. The average Bonchev–Trinajstić information content (AvgIpc) is 2.47. The zero-order chi connectivity index (χ0) is 14.5. The first-order valence-electron chi connectivity index (χ1n) is 6.46. The van der Waals surface area contributed by atoms with Crippen LogP contribution in [0, 0.1) is 0 Å². The zero-order valence-corrected chi connectivity index (χ0v) is 11.9. The third-order valence-corrected chi connectivity index (χ3v) is 2.82. The fourth-order valence-electron chi connectivity index (χ4n) is 1.70. The van der Waals surface area contributed by atoms with Gasteiger partial charge in [-0.25, -0.2) is 4.98 Å². The lowest BCUT2D eigenvalue weighted by Crippen LogP contribution is -2.10. The van der Waals surface area contributed by atoms with E-state index in [2.05, 4.69) is 20.3 Å². The number of hydrogen-bond acceptors (Lipinski definition) is 6. The van der Waals surface area contributed by atoms with Crippen LogP contribution in [0.1, 0.15) is 31.2 Å². The predicted molar refractivity (Wildman–Crippen MR) is 78.6 cm³/mol. The minimum absolute atomic E-state index is 0.198.